The number of aromatic nitrogens is 1. The Kier molecular flexibility index (Phi) is 3.97. The Balaban J connectivity index is 2.69. The molecule has 0 aliphatic carbocycles. The van der Waals surface area contributed by atoms with Crippen LogP contribution in [-0.2, 0) is 0 Å². The second kappa shape index (κ2) is 5.03. The van der Waals surface area contributed by atoms with Gasteiger partial charge in [-0.15, -0.1) is 0 Å². The number of hydrogen-bond donors (Lipinski definition) is 1. The molecule has 0 saturated heterocycles. The third-order valence-electron chi connectivity index (χ3n) is 2.47. The molecular formula is C12H18N2O. The summed E-state index contributed by atoms with van der Waals surface area (Å²) < 4.78 is 0. The molecule has 3 nitrogen and oxygen atoms in total. The van der Waals surface area contributed by atoms with Gasteiger partial charge in [-0.2, -0.15) is 0 Å². The number of Topliss-reactive ketones (excluding diaryl/α,β-unsaturated/α-hetero) is 1. The molecule has 15 heavy (non-hydrogen) atoms. The van der Waals surface area contributed by atoms with Crippen molar-refractivity contribution in [3.63, 3.8) is 0 Å². The lowest BCUT2D eigenvalue weighted by Gasteiger charge is -2.14. The molecule has 0 aliphatic rings. The first kappa shape index (κ1) is 11.9. The SMILES string of the molecule is Cc1cncc(C(=O)CC(N)C(C)C)c1. The van der Waals surface area contributed by atoms with Crippen LogP contribution < -0.4 is 5.73 Å². The summed E-state index contributed by atoms with van der Waals surface area (Å²) in [6.45, 7) is 5.96. The first-order chi connectivity index (χ1) is 7.00. The van der Waals surface area contributed by atoms with Gasteiger partial charge in [-0.1, -0.05) is 13.8 Å². The number of carbonyl (C=O) groups is 1. The second-order valence-corrected chi connectivity index (χ2v) is 4.29. The molecule has 1 rings (SSSR count). The lowest BCUT2D eigenvalue weighted by Crippen LogP contribution is -2.29. The third-order valence-corrected chi connectivity index (χ3v) is 2.47. The number of rotatable bonds is 4. The quantitative estimate of drug-likeness (QED) is 0.766. The molecule has 0 aromatic carbocycles. The Morgan fingerprint density at radius 2 is 2.13 bits per heavy atom. The van der Waals surface area contributed by atoms with Crippen LogP contribution in [0.4, 0.5) is 0 Å². The monoisotopic (exact) mass is 206 g/mol. The van der Waals surface area contributed by atoms with Gasteiger partial charge in [0.2, 0.25) is 0 Å². The van der Waals surface area contributed by atoms with E-state index in [9.17, 15) is 4.79 Å². The van der Waals surface area contributed by atoms with Crippen molar-refractivity contribution in [3.8, 4) is 0 Å². The smallest absolute Gasteiger partial charge is 0.165 e. The van der Waals surface area contributed by atoms with E-state index in [0.717, 1.165) is 5.56 Å². The summed E-state index contributed by atoms with van der Waals surface area (Å²) in [7, 11) is 0. The molecule has 1 aromatic heterocycles. The first-order valence-corrected chi connectivity index (χ1v) is 5.21. The number of aryl methyl sites for hydroxylation is 1. The molecule has 0 fully saturated rings. The van der Waals surface area contributed by atoms with Crippen molar-refractivity contribution in [2.45, 2.75) is 33.2 Å². The molecule has 1 heterocycles. The molecular weight excluding hydrogens is 188 g/mol. The van der Waals surface area contributed by atoms with Gasteiger partial charge in [0.05, 0.1) is 0 Å². The van der Waals surface area contributed by atoms with Crippen LogP contribution in [0.3, 0.4) is 0 Å². The van der Waals surface area contributed by atoms with E-state index in [1.807, 2.05) is 26.8 Å². The molecule has 82 valence electrons. The summed E-state index contributed by atoms with van der Waals surface area (Å²) in [6, 6.07) is 1.78. The molecule has 0 spiro atoms. The van der Waals surface area contributed by atoms with Gasteiger partial charge in [-0.25, -0.2) is 0 Å². The topological polar surface area (TPSA) is 56.0 Å². The Labute approximate surface area is 90.7 Å². The van der Waals surface area contributed by atoms with E-state index >= 15 is 0 Å². The van der Waals surface area contributed by atoms with Crippen LogP contribution in [0.15, 0.2) is 18.5 Å². The van der Waals surface area contributed by atoms with Gasteiger partial charge in [0.1, 0.15) is 0 Å². The first-order valence-electron chi connectivity index (χ1n) is 5.21. The van der Waals surface area contributed by atoms with Crippen molar-refractivity contribution < 1.29 is 4.79 Å². The summed E-state index contributed by atoms with van der Waals surface area (Å²) in [5.41, 5.74) is 7.51. The molecule has 0 aliphatic heterocycles. The lowest BCUT2D eigenvalue weighted by molar-refractivity contribution is 0.0967. The Hall–Kier alpha value is -1.22. The maximum absolute atomic E-state index is 11.8. The highest BCUT2D eigenvalue weighted by molar-refractivity contribution is 5.96. The fourth-order valence-corrected chi connectivity index (χ4v) is 1.28. The molecule has 1 unspecified atom stereocenters. The minimum Gasteiger partial charge on any atom is -0.327 e. The number of hydrogen-bond acceptors (Lipinski definition) is 3. The van der Waals surface area contributed by atoms with Crippen molar-refractivity contribution in [2.24, 2.45) is 11.7 Å². The van der Waals surface area contributed by atoms with Crippen molar-refractivity contribution in [1.82, 2.24) is 4.98 Å². The van der Waals surface area contributed by atoms with Gasteiger partial charge in [0.15, 0.2) is 5.78 Å². The number of ketones is 1. The Morgan fingerprint density at radius 3 is 2.67 bits per heavy atom. The van der Waals surface area contributed by atoms with Gasteiger partial charge in [-0.3, -0.25) is 9.78 Å². The Bertz CT molecular complexity index is 347. The average molecular weight is 206 g/mol. The highest BCUT2D eigenvalue weighted by Gasteiger charge is 2.14. The minimum absolute atomic E-state index is 0.0713. The van der Waals surface area contributed by atoms with E-state index in [0.29, 0.717) is 17.9 Å². The zero-order valence-electron chi connectivity index (χ0n) is 9.53. The number of pyridine rings is 1. The van der Waals surface area contributed by atoms with Gasteiger partial charge in [0.25, 0.3) is 0 Å². The Morgan fingerprint density at radius 1 is 1.47 bits per heavy atom. The zero-order chi connectivity index (χ0) is 11.4. The number of carbonyl (C=O) groups excluding carboxylic acids is 1. The summed E-state index contributed by atoms with van der Waals surface area (Å²) in [4.78, 5) is 15.8. The van der Waals surface area contributed by atoms with Crippen molar-refractivity contribution in [1.29, 1.82) is 0 Å². The predicted octanol–water partition coefficient (Wildman–Crippen LogP) is 1.95. The largest absolute Gasteiger partial charge is 0.327 e. The fraction of sp³-hybridized carbons (Fsp3) is 0.500. The highest BCUT2D eigenvalue weighted by Crippen LogP contribution is 2.09. The lowest BCUT2D eigenvalue weighted by atomic mass is 9.97. The van der Waals surface area contributed by atoms with E-state index < -0.39 is 0 Å². The van der Waals surface area contributed by atoms with Gasteiger partial charge < -0.3 is 5.73 Å². The normalized spacial score (nSPS) is 12.9. The maximum Gasteiger partial charge on any atom is 0.165 e. The fourth-order valence-electron chi connectivity index (χ4n) is 1.28. The van der Waals surface area contributed by atoms with Crippen molar-refractivity contribution in [2.75, 3.05) is 0 Å². The van der Waals surface area contributed by atoms with Crippen molar-refractivity contribution in [3.05, 3.63) is 29.6 Å². The van der Waals surface area contributed by atoms with Crippen LogP contribution >= 0.6 is 0 Å². The summed E-state index contributed by atoms with van der Waals surface area (Å²) in [5, 5.41) is 0. The molecule has 0 saturated carbocycles. The van der Waals surface area contributed by atoms with Crippen LogP contribution in [0, 0.1) is 12.8 Å². The number of nitrogens with zero attached hydrogens (tertiary/aromatic N) is 1. The molecule has 3 heteroatoms. The van der Waals surface area contributed by atoms with Crippen LogP contribution in [0.1, 0.15) is 36.2 Å². The molecule has 0 amide bonds. The highest BCUT2D eigenvalue weighted by atomic mass is 16.1. The molecule has 1 aromatic rings. The van der Waals surface area contributed by atoms with Crippen molar-refractivity contribution >= 4 is 5.78 Å². The molecule has 0 radical (unpaired) electrons. The van der Waals surface area contributed by atoms with Crippen LogP contribution in [0.25, 0.3) is 0 Å². The van der Waals surface area contributed by atoms with E-state index in [1.165, 1.54) is 0 Å². The van der Waals surface area contributed by atoms with E-state index in [4.69, 9.17) is 5.73 Å². The minimum atomic E-state index is -0.0713. The summed E-state index contributed by atoms with van der Waals surface area (Å²) >= 11 is 0. The van der Waals surface area contributed by atoms with Gasteiger partial charge >= 0.3 is 0 Å². The average Bonchev–Trinajstić information content (AvgIpc) is 2.17. The molecule has 2 N–H and O–H groups in total. The van der Waals surface area contributed by atoms with Gasteiger partial charge in [0, 0.05) is 30.4 Å². The van der Waals surface area contributed by atoms with Crippen LogP contribution in [0.5, 0.6) is 0 Å². The second-order valence-electron chi connectivity index (χ2n) is 4.29. The number of nitrogens with two attached hydrogens (primary N) is 1. The summed E-state index contributed by atoms with van der Waals surface area (Å²) in [6.07, 6.45) is 3.73. The van der Waals surface area contributed by atoms with E-state index in [1.54, 1.807) is 12.4 Å². The zero-order valence-corrected chi connectivity index (χ0v) is 9.53. The third kappa shape index (κ3) is 3.44. The van der Waals surface area contributed by atoms with Crippen LogP contribution in [0.2, 0.25) is 0 Å². The predicted molar refractivity (Wildman–Crippen MR) is 60.7 cm³/mol. The molecule has 0 bridgehead atoms. The van der Waals surface area contributed by atoms with Crippen LogP contribution in [-0.4, -0.2) is 16.8 Å². The maximum atomic E-state index is 11.8. The molecule has 1 atom stereocenters. The standard InChI is InChI=1S/C12H18N2O/c1-8(2)11(13)5-12(15)10-4-9(3)6-14-7-10/h4,6-8,11H,5,13H2,1-3H3. The van der Waals surface area contributed by atoms with Gasteiger partial charge in [-0.05, 0) is 24.5 Å². The van der Waals surface area contributed by atoms with E-state index in [-0.39, 0.29) is 11.8 Å². The van der Waals surface area contributed by atoms with E-state index in [2.05, 4.69) is 4.98 Å². The summed E-state index contributed by atoms with van der Waals surface area (Å²) in [5.74, 6) is 0.402.